The first-order chi connectivity index (χ1) is 18.2. The Balaban J connectivity index is 1.98. The van der Waals surface area contributed by atoms with Crippen molar-refractivity contribution in [1.29, 1.82) is 0 Å². The number of halogens is 1. The standard InChI is InChI=1S/C27H30ClN3O6S/c1-5-30(6-2)27(33)22-9-7-8-10-23(22)29-26(32)18-31(20-13-11-19(28)12-14-20)38(34,35)21-15-16-24(36-3)25(17-21)37-4/h7-17H,5-6,18H2,1-4H3,(H,29,32). The number of ether oxygens (including phenoxy) is 2. The minimum Gasteiger partial charge on any atom is -0.493 e. The van der Waals surface area contributed by atoms with Gasteiger partial charge in [0.15, 0.2) is 11.5 Å². The number of hydrogen-bond donors (Lipinski definition) is 1. The molecule has 0 bridgehead atoms. The normalized spacial score (nSPS) is 11.0. The maximum atomic E-state index is 13.8. The van der Waals surface area contributed by atoms with Crippen LogP contribution in [0.4, 0.5) is 11.4 Å². The van der Waals surface area contributed by atoms with Gasteiger partial charge in [0.2, 0.25) is 5.91 Å². The summed E-state index contributed by atoms with van der Waals surface area (Å²) in [5.41, 5.74) is 0.825. The third-order valence-electron chi connectivity index (χ3n) is 5.83. The summed E-state index contributed by atoms with van der Waals surface area (Å²) in [5, 5.41) is 3.12. The van der Waals surface area contributed by atoms with Crippen molar-refractivity contribution < 1.29 is 27.5 Å². The van der Waals surface area contributed by atoms with Crippen molar-refractivity contribution in [2.45, 2.75) is 18.7 Å². The van der Waals surface area contributed by atoms with Gasteiger partial charge >= 0.3 is 0 Å². The molecular formula is C27H30ClN3O6S. The quantitative estimate of drug-likeness (QED) is 0.366. The number of rotatable bonds is 11. The van der Waals surface area contributed by atoms with Crippen LogP contribution in [0.5, 0.6) is 11.5 Å². The van der Waals surface area contributed by atoms with Gasteiger partial charge in [-0.2, -0.15) is 0 Å². The molecule has 0 atom stereocenters. The molecule has 11 heteroatoms. The monoisotopic (exact) mass is 559 g/mol. The van der Waals surface area contributed by atoms with Crippen molar-refractivity contribution in [1.82, 2.24) is 4.90 Å². The number of para-hydroxylation sites is 1. The van der Waals surface area contributed by atoms with Crippen molar-refractivity contribution in [2.75, 3.05) is 43.5 Å². The summed E-state index contributed by atoms with van der Waals surface area (Å²) in [6.07, 6.45) is 0. The number of nitrogens with one attached hydrogen (secondary N) is 1. The minimum atomic E-state index is -4.24. The van der Waals surface area contributed by atoms with Crippen molar-refractivity contribution in [3.8, 4) is 11.5 Å². The van der Waals surface area contributed by atoms with Gasteiger partial charge in [-0.15, -0.1) is 0 Å². The Bertz CT molecular complexity index is 1390. The second-order valence-corrected chi connectivity index (χ2v) is 10.4. The number of nitrogens with zero attached hydrogens (tertiary/aromatic N) is 2. The second kappa shape index (κ2) is 12.7. The van der Waals surface area contributed by atoms with E-state index in [1.807, 2.05) is 13.8 Å². The molecule has 9 nitrogen and oxygen atoms in total. The molecule has 1 N–H and O–H groups in total. The fourth-order valence-electron chi connectivity index (χ4n) is 3.81. The lowest BCUT2D eigenvalue weighted by atomic mass is 10.1. The fraction of sp³-hybridized carbons (Fsp3) is 0.259. The first-order valence-electron chi connectivity index (χ1n) is 11.8. The zero-order valence-corrected chi connectivity index (χ0v) is 23.2. The summed E-state index contributed by atoms with van der Waals surface area (Å²) in [6, 6.07) is 16.9. The molecular weight excluding hydrogens is 530 g/mol. The van der Waals surface area contributed by atoms with E-state index in [0.29, 0.717) is 29.4 Å². The summed E-state index contributed by atoms with van der Waals surface area (Å²) in [4.78, 5) is 27.7. The predicted octanol–water partition coefficient (Wildman–Crippen LogP) is 4.67. The molecule has 38 heavy (non-hydrogen) atoms. The van der Waals surface area contributed by atoms with Crippen LogP contribution in [0.25, 0.3) is 0 Å². The average Bonchev–Trinajstić information content (AvgIpc) is 2.92. The molecule has 3 aromatic carbocycles. The zero-order chi connectivity index (χ0) is 27.9. The van der Waals surface area contributed by atoms with Crippen LogP contribution in [-0.2, 0) is 14.8 Å². The molecule has 0 heterocycles. The maximum Gasteiger partial charge on any atom is 0.264 e. The van der Waals surface area contributed by atoms with Crippen molar-refractivity contribution in [3.63, 3.8) is 0 Å². The van der Waals surface area contributed by atoms with Crippen LogP contribution in [0, 0.1) is 0 Å². The van der Waals surface area contributed by atoms with E-state index in [2.05, 4.69) is 5.32 Å². The lowest BCUT2D eigenvalue weighted by Gasteiger charge is -2.25. The molecule has 3 aromatic rings. The Kier molecular flexibility index (Phi) is 9.60. The molecule has 2 amide bonds. The van der Waals surface area contributed by atoms with Gasteiger partial charge in [0.05, 0.1) is 36.1 Å². The van der Waals surface area contributed by atoms with Crippen LogP contribution in [0.2, 0.25) is 5.02 Å². The number of benzene rings is 3. The Morgan fingerprint density at radius 1 is 0.895 bits per heavy atom. The smallest absolute Gasteiger partial charge is 0.264 e. The number of sulfonamides is 1. The summed E-state index contributed by atoms with van der Waals surface area (Å²) in [5.74, 6) is -0.295. The lowest BCUT2D eigenvalue weighted by molar-refractivity contribution is -0.114. The number of anilines is 2. The number of carbonyl (C=O) groups is 2. The van der Waals surface area contributed by atoms with Gasteiger partial charge in [-0.3, -0.25) is 13.9 Å². The molecule has 0 spiro atoms. The number of hydrogen-bond acceptors (Lipinski definition) is 6. The van der Waals surface area contributed by atoms with Gasteiger partial charge in [0, 0.05) is 24.2 Å². The van der Waals surface area contributed by atoms with E-state index < -0.39 is 22.5 Å². The molecule has 0 saturated heterocycles. The van der Waals surface area contributed by atoms with Gasteiger partial charge in [0.1, 0.15) is 6.54 Å². The highest BCUT2D eigenvalue weighted by molar-refractivity contribution is 7.92. The summed E-state index contributed by atoms with van der Waals surface area (Å²) in [7, 11) is -1.40. The highest BCUT2D eigenvalue weighted by Gasteiger charge is 2.29. The third-order valence-corrected chi connectivity index (χ3v) is 7.85. The Morgan fingerprint density at radius 2 is 1.53 bits per heavy atom. The number of amides is 2. The molecule has 0 radical (unpaired) electrons. The first-order valence-corrected chi connectivity index (χ1v) is 13.7. The van der Waals surface area contributed by atoms with E-state index in [9.17, 15) is 18.0 Å². The highest BCUT2D eigenvalue weighted by Crippen LogP contribution is 2.32. The summed E-state index contributed by atoms with van der Waals surface area (Å²) in [6.45, 7) is 4.18. The molecule has 0 aliphatic heterocycles. The highest BCUT2D eigenvalue weighted by atomic mass is 35.5. The third kappa shape index (κ3) is 6.38. The second-order valence-electron chi connectivity index (χ2n) is 8.08. The van der Waals surface area contributed by atoms with E-state index in [4.69, 9.17) is 21.1 Å². The molecule has 3 rings (SSSR count). The van der Waals surface area contributed by atoms with E-state index in [1.54, 1.807) is 29.2 Å². The maximum absolute atomic E-state index is 13.8. The molecule has 0 fully saturated rings. The molecule has 0 aromatic heterocycles. The van der Waals surface area contributed by atoms with Crippen molar-refractivity contribution in [2.24, 2.45) is 0 Å². The van der Waals surface area contributed by atoms with Crippen LogP contribution in [0.15, 0.2) is 71.6 Å². The molecule has 0 saturated carbocycles. The van der Waals surface area contributed by atoms with E-state index in [1.165, 1.54) is 56.7 Å². The lowest BCUT2D eigenvalue weighted by Crippen LogP contribution is -2.38. The molecule has 0 aliphatic rings. The van der Waals surface area contributed by atoms with Crippen molar-refractivity contribution >= 4 is 44.8 Å². The topological polar surface area (TPSA) is 105 Å². The van der Waals surface area contributed by atoms with Gasteiger partial charge < -0.3 is 19.7 Å². The van der Waals surface area contributed by atoms with Crippen molar-refractivity contribution in [3.05, 3.63) is 77.3 Å². The Hall–Kier alpha value is -3.76. The van der Waals surface area contributed by atoms with Gasteiger partial charge in [0.25, 0.3) is 15.9 Å². The van der Waals surface area contributed by atoms with Gasteiger partial charge in [-0.25, -0.2) is 8.42 Å². The van der Waals surface area contributed by atoms with Crippen LogP contribution >= 0.6 is 11.6 Å². The van der Waals surface area contributed by atoms with Crippen LogP contribution < -0.4 is 19.1 Å². The number of carbonyl (C=O) groups excluding carboxylic acids is 2. The van der Waals surface area contributed by atoms with Gasteiger partial charge in [-0.1, -0.05) is 23.7 Å². The Morgan fingerprint density at radius 3 is 2.13 bits per heavy atom. The fourth-order valence-corrected chi connectivity index (χ4v) is 5.37. The molecule has 0 aliphatic carbocycles. The van der Waals surface area contributed by atoms with E-state index in [-0.39, 0.29) is 27.9 Å². The summed E-state index contributed by atoms with van der Waals surface area (Å²) < 4.78 is 39.0. The summed E-state index contributed by atoms with van der Waals surface area (Å²) >= 11 is 6.02. The molecule has 0 unspecified atom stereocenters. The zero-order valence-electron chi connectivity index (χ0n) is 21.6. The van der Waals surface area contributed by atoms with Gasteiger partial charge in [-0.05, 0) is 62.4 Å². The van der Waals surface area contributed by atoms with Crippen LogP contribution in [0.1, 0.15) is 24.2 Å². The molecule has 202 valence electrons. The average molecular weight is 560 g/mol. The largest absolute Gasteiger partial charge is 0.493 e. The Labute approximate surface area is 228 Å². The van der Waals surface area contributed by atoms with E-state index in [0.717, 1.165) is 4.31 Å². The SMILES string of the molecule is CCN(CC)C(=O)c1ccccc1NC(=O)CN(c1ccc(Cl)cc1)S(=O)(=O)c1ccc(OC)c(OC)c1. The predicted molar refractivity (Wildman–Crippen MR) is 148 cm³/mol. The minimum absolute atomic E-state index is 0.102. The first kappa shape index (κ1) is 28.8. The van der Waals surface area contributed by atoms with E-state index >= 15 is 0 Å². The van der Waals surface area contributed by atoms with Crippen LogP contribution in [-0.4, -0.2) is 59.0 Å². The van der Waals surface area contributed by atoms with Crippen LogP contribution in [0.3, 0.4) is 0 Å². The number of methoxy groups -OCH3 is 2.